The Balaban J connectivity index is 0.000000159. The summed E-state index contributed by atoms with van der Waals surface area (Å²) < 4.78 is 72.7. The Kier molecular flexibility index (Phi) is 29.7. The second-order valence-corrected chi connectivity index (χ2v) is 28.7. The molecule has 25 nitrogen and oxygen atoms in total. The van der Waals surface area contributed by atoms with E-state index in [1.807, 2.05) is 41.3 Å². The van der Waals surface area contributed by atoms with Crippen molar-refractivity contribution in [3.8, 4) is 22.6 Å². The molecule has 0 aliphatic carbocycles. The summed E-state index contributed by atoms with van der Waals surface area (Å²) in [6, 6.07) is 56.0. The number of fused-ring (bicyclic) bond motifs is 4. The number of benzene rings is 7. The molecule has 1 fully saturated rings. The quantitative estimate of drug-likeness (QED) is 0.0196. The molecule has 1 saturated heterocycles. The molecule has 7 aromatic carbocycles. The number of carboxylic acid groups (broad SMARTS) is 1. The van der Waals surface area contributed by atoms with Gasteiger partial charge in [0.05, 0.1) is 51.8 Å². The third kappa shape index (κ3) is 25.1. The molecule has 12 aromatic rings. The van der Waals surface area contributed by atoms with E-state index < -0.39 is 37.5 Å². The Bertz CT molecular complexity index is 6180. The molecule has 603 valence electrons. The zero-order valence-electron chi connectivity index (χ0n) is 67.1. The number of carboxylic acids is 1. The molecule has 7 N–H and O–H groups in total. The van der Waals surface area contributed by atoms with E-state index in [2.05, 4.69) is 99.0 Å². The third-order valence-corrected chi connectivity index (χ3v) is 18.9. The molecule has 34 heteroatoms. The number of ether oxygens (including phenoxy) is 1. The van der Waals surface area contributed by atoms with Gasteiger partial charge >= 0.3 is 43.8 Å². The summed E-state index contributed by atoms with van der Waals surface area (Å²) in [4.78, 5) is 107. The number of hydrogen-bond acceptors (Lipinski definition) is 20. The van der Waals surface area contributed by atoms with Crippen LogP contribution in [0, 0.1) is 0 Å². The molecule has 0 spiro atoms. The van der Waals surface area contributed by atoms with Crippen LogP contribution in [-0.4, -0.2) is 134 Å². The second-order valence-electron chi connectivity index (χ2n) is 25.2. The molecule has 5 aromatic heterocycles. The van der Waals surface area contributed by atoms with Crippen molar-refractivity contribution in [1.29, 1.82) is 0 Å². The number of carbonyl (C=O) groups excluding carboxylic acids is 8. The van der Waals surface area contributed by atoms with Gasteiger partial charge < -0.3 is 73.0 Å². The summed E-state index contributed by atoms with van der Waals surface area (Å²) in [6.45, 7) is 3.28. The first-order valence-corrected chi connectivity index (χ1v) is 38.5. The Morgan fingerprint density at radius 1 is 0.538 bits per heavy atom. The van der Waals surface area contributed by atoms with Crippen molar-refractivity contribution in [3.63, 3.8) is 0 Å². The molecule has 5 amide bonds. The average Bonchev–Trinajstić information content (AvgIpc) is 1.63. The van der Waals surface area contributed by atoms with Crippen molar-refractivity contribution in [3.05, 3.63) is 310 Å². The fourth-order valence-electron chi connectivity index (χ4n) is 11.6. The van der Waals surface area contributed by atoms with Gasteiger partial charge in [0.25, 0.3) is 23.6 Å². The number of thiol groups is 1. The Morgan fingerprint density at radius 3 is 1.44 bits per heavy atom. The number of rotatable bonds is 11. The maximum atomic E-state index is 13.1. The molecule has 17 rings (SSSR count). The van der Waals surface area contributed by atoms with Crippen molar-refractivity contribution >= 4 is 223 Å². The number of carbonyl (C=O) groups is 9. The SMILES string of the molecule is COC(=O)c1cccc(B(O)O)c1.O=C1Cc2cc(Cl)ccc2N1.[2H]/C(=C1\C(=O)Nc2ccc(Cl)cc21)c1ccc(-c2cccc(C(=O)N3CCCN(C)CC3)c2)o1.[2H]/C(=C1\C(=O)Nc2ccc(Cl)cc21)c1ccc(-c2cccc(C(=O)O)c2)o1.[2H]/C(=C1\C(=O)Nc2ccc(Cl)cc21)c1ccc(Br)o1.[2H]C(=O)c1ccc(Br)o1.[2H]C(=O)c1ccco1.[B]=NS. The Morgan fingerprint density at radius 2 is 0.992 bits per heavy atom. The number of aldehydes is 2. The van der Waals surface area contributed by atoms with Gasteiger partial charge in [0.15, 0.2) is 33.4 Å². The zero-order chi connectivity index (χ0) is 89.8. The molecule has 0 saturated carbocycles. The van der Waals surface area contributed by atoms with Crippen molar-refractivity contribution in [2.45, 2.75) is 12.8 Å². The number of aromatic carboxylic acids is 1. The van der Waals surface area contributed by atoms with Gasteiger partial charge in [0.2, 0.25) is 5.91 Å². The van der Waals surface area contributed by atoms with Gasteiger partial charge in [-0.05, 0) is 251 Å². The van der Waals surface area contributed by atoms with E-state index in [4.69, 9.17) is 86.1 Å². The van der Waals surface area contributed by atoms with E-state index >= 15 is 0 Å². The van der Waals surface area contributed by atoms with Crippen LogP contribution < -0.4 is 26.7 Å². The van der Waals surface area contributed by atoms with Crippen LogP contribution in [0.2, 0.25) is 20.1 Å². The van der Waals surface area contributed by atoms with Crippen LogP contribution in [-0.2, 0) is 30.3 Å². The molecule has 5 aliphatic rings. The predicted octanol–water partition coefficient (Wildman–Crippen LogP) is 18.0. The van der Waals surface area contributed by atoms with Gasteiger partial charge in [-0.25, -0.2) is 9.59 Å². The van der Waals surface area contributed by atoms with E-state index in [0.29, 0.717) is 110 Å². The monoisotopic (exact) mass is 1830 g/mol. The number of anilines is 4. The normalized spacial score (nSPS) is 14.9. The van der Waals surface area contributed by atoms with Crippen molar-refractivity contribution < 1.29 is 92.0 Å². The molecule has 0 bridgehead atoms. The molecule has 0 unspecified atom stereocenters. The standard InChI is InChI=1S/C26H24ClN3O3.C20H12ClNO4.C13H7BrClNO2.C8H9BO4.C8H6ClNO.C5H3BrO2.C5H4O2.BHNS/c1-29-10-3-11-30(13-12-29)26(32)18-5-2-4-17(14-18)24-9-7-20(33-24)16-22-21-15-19(27)6-8-23(21)28-25(22)31;21-13-4-6-17-15(9-13)16(19(23)22-17)10-14-5-7-18(26-14)11-2-1-3-12(8-11)20(24)25;14-12-4-2-8(18-12)6-10-9-5-7(15)1-3-11(9)16-13(10)17;1-13-8(10)6-3-2-4-7(5-6)9(11)12;9-6-1-2-7-5(3-6)4-8(11)10-7;6-5-2-1-4(3-7)8-5;6-4-5-2-1-3-7-5;1-2-3/h2,4-9,14-16H,3,10-13H2,1H3,(H,28,31);1-10H,(H,22,23)(H,24,25);1-6H,(H,16,17);2-5,11-12H,1H3;1-3H,4H2,(H,10,11);1-3H;1-4H;3H/b22-16+;16-10+;10-6+;;;;;/i16D;10D;6D;;;3D;4D;. The molecular formula is C85H66B2Br2Cl4N7O18S. The number of nitrogens with one attached hydrogen (secondary N) is 4. The summed E-state index contributed by atoms with van der Waals surface area (Å²) >= 11 is 33.2. The molecule has 5 aliphatic heterocycles. The third-order valence-electron chi connectivity index (χ3n) is 17.1. The summed E-state index contributed by atoms with van der Waals surface area (Å²) in [5.74, 6) is -0.718. The molecule has 1 radical (unpaired) electrons. The summed E-state index contributed by atoms with van der Waals surface area (Å²) in [6.07, 6.45) is 1.18. The first kappa shape index (κ1) is 82.2. The fraction of sp³-hybridized carbons (Fsp3) is 0.0941. The van der Waals surface area contributed by atoms with Gasteiger partial charge in [-0.1, -0.05) is 82.8 Å². The second kappa shape index (κ2) is 43.0. The minimum absolute atomic E-state index is 0.00309. The van der Waals surface area contributed by atoms with Gasteiger partial charge in [0, 0.05) is 95.9 Å². The average molecular weight is 1830 g/mol. The number of amides is 5. The summed E-state index contributed by atoms with van der Waals surface area (Å²) in [5.41, 5.74) is 8.74. The van der Waals surface area contributed by atoms with Gasteiger partial charge in [-0.3, -0.25) is 33.6 Å². The molecule has 10 heterocycles. The maximum absolute atomic E-state index is 13.1. The van der Waals surface area contributed by atoms with E-state index in [1.54, 1.807) is 127 Å². The Hall–Kier alpha value is -11.9. The minimum atomic E-state index is -1.57. The number of hydrogen-bond donors (Lipinski definition) is 8. The van der Waals surface area contributed by atoms with Crippen LogP contribution in [0.4, 0.5) is 22.7 Å². The van der Waals surface area contributed by atoms with Crippen LogP contribution in [0.5, 0.6) is 0 Å². The van der Waals surface area contributed by atoms with Gasteiger partial charge in [-0.15, -0.1) is 0 Å². The van der Waals surface area contributed by atoms with Crippen LogP contribution in [0.15, 0.2) is 248 Å². The fourth-order valence-corrected chi connectivity index (χ4v) is 12.9. The van der Waals surface area contributed by atoms with E-state index in [9.17, 15) is 43.2 Å². The Labute approximate surface area is 730 Å². The van der Waals surface area contributed by atoms with Crippen LogP contribution in [0.25, 0.3) is 57.5 Å². The van der Waals surface area contributed by atoms with Crippen LogP contribution in [0.3, 0.4) is 0 Å². The molecule has 119 heavy (non-hydrogen) atoms. The molecule has 0 atom stereocenters. The summed E-state index contributed by atoms with van der Waals surface area (Å²) in [5, 5.41) is 39.8. The number of halogens is 6. The van der Waals surface area contributed by atoms with Crippen LogP contribution >= 0.6 is 91.1 Å². The number of esters is 1. The van der Waals surface area contributed by atoms with Crippen LogP contribution in [0.1, 0.15) is 105 Å². The van der Waals surface area contributed by atoms with Gasteiger partial charge in [0.1, 0.15) is 31.5 Å². The zero-order valence-corrected chi connectivity index (χ0v) is 69.2. The first-order chi connectivity index (χ1) is 59.2. The van der Waals surface area contributed by atoms with Crippen molar-refractivity contribution in [2.75, 3.05) is 61.6 Å². The van der Waals surface area contributed by atoms with Crippen molar-refractivity contribution in [1.82, 2.24) is 9.80 Å². The molecular weight excluding hydrogens is 1760 g/mol. The topological polar surface area (TPSA) is 356 Å². The number of methoxy groups -OCH3 is 1. The van der Waals surface area contributed by atoms with E-state index in [-0.39, 0.29) is 92.6 Å². The number of likely N-dealkylation sites (N-methyl/N-ethyl adjacent to an activating group) is 1. The number of furan rings is 5. The van der Waals surface area contributed by atoms with E-state index in [0.717, 1.165) is 42.9 Å². The van der Waals surface area contributed by atoms with Gasteiger partial charge in [-0.2, -0.15) is 0 Å². The van der Waals surface area contributed by atoms with Crippen molar-refractivity contribution in [2.24, 2.45) is 4.30 Å². The number of nitrogens with zero attached hydrogens (tertiary/aromatic N) is 3. The predicted molar refractivity (Wildman–Crippen MR) is 468 cm³/mol. The summed E-state index contributed by atoms with van der Waals surface area (Å²) in [7, 11) is 6.11. The van der Waals surface area contributed by atoms with E-state index in [1.165, 1.54) is 55.8 Å². The first-order valence-electron chi connectivity index (χ1n) is 37.6.